The van der Waals surface area contributed by atoms with Crippen molar-refractivity contribution in [3.63, 3.8) is 0 Å². The van der Waals surface area contributed by atoms with E-state index in [0.717, 1.165) is 12.8 Å². The fourth-order valence-corrected chi connectivity index (χ4v) is 0.962. The molecule has 1 aromatic heterocycles. The zero-order valence-electron chi connectivity index (χ0n) is 7.46. The molecule has 4 nitrogen and oxygen atoms in total. The molecule has 1 aliphatic carbocycles. The van der Waals surface area contributed by atoms with Crippen LogP contribution in [-0.2, 0) is 11.5 Å². The molecule has 0 unspecified atom stereocenters. The van der Waals surface area contributed by atoms with Crippen molar-refractivity contribution < 1.29 is 13.3 Å². The number of nitrogens with zero attached hydrogens (tertiary/aromatic N) is 2. The van der Waals surface area contributed by atoms with Gasteiger partial charge in [0.25, 0.3) is 5.89 Å². The number of hydrogen-bond donors (Lipinski definition) is 1. The summed E-state index contributed by atoms with van der Waals surface area (Å²) in [5.74, 6) is -3.57. The normalized spacial score (nSPS) is 18.9. The molecule has 80 valence electrons. The van der Waals surface area contributed by atoms with E-state index in [9.17, 15) is 8.78 Å². The van der Waals surface area contributed by atoms with Crippen molar-refractivity contribution in [2.75, 3.05) is 0 Å². The second-order valence-electron chi connectivity index (χ2n) is 3.47. The van der Waals surface area contributed by atoms with Gasteiger partial charge >= 0.3 is 5.92 Å². The number of aromatic nitrogens is 2. The van der Waals surface area contributed by atoms with Crippen LogP contribution in [0.15, 0.2) is 4.52 Å². The lowest BCUT2D eigenvalue weighted by atomic mass is 10.3. The van der Waals surface area contributed by atoms with E-state index in [4.69, 9.17) is 5.73 Å². The summed E-state index contributed by atoms with van der Waals surface area (Å²) in [6.45, 7) is 0.709. The molecule has 1 aliphatic rings. The van der Waals surface area contributed by atoms with Crippen LogP contribution >= 0.6 is 12.4 Å². The molecule has 7 heteroatoms. The Morgan fingerprint density at radius 1 is 1.50 bits per heavy atom. The van der Waals surface area contributed by atoms with E-state index in [-0.39, 0.29) is 18.2 Å². The molecule has 1 saturated carbocycles. The highest BCUT2D eigenvalue weighted by Crippen LogP contribution is 2.41. The third-order valence-electron chi connectivity index (χ3n) is 2.04. The molecule has 14 heavy (non-hydrogen) atoms. The summed E-state index contributed by atoms with van der Waals surface area (Å²) in [6.07, 6.45) is 1.45. The highest BCUT2D eigenvalue weighted by Gasteiger charge is 2.46. The zero-order valence-corrected chi connectivity index (χ0v) is 8.27. The van der Waals surface area contributed by atoms with Crippen molar-refractivity contribution in [3.05, 3.63) is 11.7 Å². The second kappa shape index (κ2) is 3.13. The summed E-state index contributed by atoms with van der Waals surface area (Å²) in [4.78, 5) is 3.56. The van der Waals surface area contributed by atoms with E-state index in [0.29, 0.717) is 6.92 Å². The topological polar surface area (TPSA) is 64.9 Å². The Labute approximate surface area is 85.3 Å². The molecule has 1 fully saturated rings. The quantitative estimate of drug-likeness (QED) is 0.830. The largest absolute Gasteiger partial charge is 0.333 e. The molecule has 0 amide bonds. The first-order chi connectivity index (χ1) is 5.92. The SMILES string of the molecule is CC(F)(F)c1nc(C2(N)CC2)no1.Cl. The Morgan fingerprint density at radius 3 is 2.43 bits per heavy atom. The lowest BCUT2D eigenvalue weighted by Gasteiger charge is -2.01. The molecule has 0 atom stereocenters. The summed E-state index contributed by atoms with van der Waals surface area (Å²) in [7, 11) is 0. The van der Waals surface area contributed by atoms with Crippen LogP contribution in [0, 0.1) is 0 Å². The fourth-order valence-electron chi connectivity index (χ4n) is 0.962. The Balaban J connectivity index is 0.000000980. The number of rotatable bonds is 2. The second-order valence-corrected chi connectivity index (χ2v) is 3.47. The monoisotopic (exact) mass is 225 g/mol. The van der Waals surface area contributed by atoms with Gasteiger partial charge in [-0.3, -0.25) is 0 Å². The molecule has 0 saturated heterocycles. The van der Waals surface area contributed by atoms with Gasteiger partial charge in [-0.05, 0) is 12.8 Å². The summed E-state index contributed by atoms with van der Waals surface area (Å²) >= 11 is 0. The van der Waals surface area contributed by atoms with Crippen LogP contribution in [0.5, 0.6) is 0 Å². The predicted molar refractivity (Wildman–Crippen MR) is 46.2 cm³/mol. The Morgan fingerprint density at radius 2 is 2.07 bits per heavy atom. The van der Waals surface area contributed by atoms with Crippen LogP contribution in [0.3, 0.4) is 0 Å². The minimum atomic E-state index is -3.09. The van der Waals surface area contributed by atoms with Gasteiger partial charge in [-0.15, -0.1) is 12.4 Å². The number of nitrogens with two attached hydrogens (primary N) is 1. The van der Waals surface area contributed by atoms with Crippen LogP contribution in [0.25, 0.3) is 0 Å². The molecule has 0 spiro atoms. The van der Waals surface area contributed by atoms with Gasteiger partial charge in [-0.1, -0.05) is 5.16 Å². The van der Waals surface area contributed by atoms with Crippen molar-refractivity contribution in [1.29, 1.82) is 0 Å². The van der Waals surface area contributed by atoms with Gasteiger partial charge in [0, 0.05) is 6.92 Å². The molecule has 0 radical (unpaired) electrons. The highest BCUT2D eigenvalue weighted by molar-refractivity contribution is 5.85. The van der Waals surface area contributed by atoms with Crippen LogP contribution in [0.2, 0.25) is 0 Å². The molecular formula is C7H10ClF2N3O. The lowest BCUT2D eigenvalue weighted by Crippen LogP contribution is -2.20. The van der Waals surface area contributed by atoms with Crippen LogP contribution < -0.4 is 5.73 Å². The van der Waals surface area contributed by atoms with E-state index in [1.165, 1.54) is 0 Å². The Kier molecular flexibility index (Phi) is 2.53. The van der Waals surface area contributed by atoms with E-state index in [1.807, 2.05) is 0 Å². The zero-order chi connectivity index (χ0) is 9.69. The first-order valence-corrected chi connectivity index (χ1v) is 3.93. The molecule has 2 N–H and O–H groups in total. The first kappa shape index (κ1) is 11.3. The molecule has 0 aliphatic heterocycles. The van der Waals surface area contributed by atoms with Crippen LogP contribution in [0.1, 0.15) is 31.5 Å². The van der Waals surface area contributed by atoms with Crippen LogP contribution in [0.4, 0.5) is 8.78 Å². The summed E-state index contributed by atoms with van der Waals surface area (Å²) in [5, 5.41) is 3.43. The maximum atomic E-state index is 12.6. The standard InChI is InChI=1S/C7H9F2N3O.ClH/c1-6(8,9)5-11-4(12-13-5)7(10)2-3-7;/h2-3,10H2,1H3;1H. The average molecular weight is 226 g/mol. The lowest BCUT2D eigenvalue weighted by molar-refractivity contribution is -0.0158. The fraction of sp³-hybridized carbons (Fsp3) is 0.714. The van der Waals surface area contributed by atoms with Crippen molar-refractivity contribution in [3.8, 4) is 0 Å². The number of halogens is 3. The minimum absolute atomic E-state index is 0. The smallest absolute Gasteiger partial charge is 0.322 e. The molecule has 2 rings (SSSR count). The van der Waals surface area contributed by atoms with Gasteiger partial charge in [0.05, 0.1) is 5.54 Å². The van der Waals surface area contributed by atoms with Crippen molar-refractivity contribution in [1.82, 2.24) is 10.1 Å². The summed E-state index contributed by atoms with van der Waals surface area (Å²) in [5.41, 5.74) is 5.08. The van der Waals surface area contributed by atoms with Gasteiger partial charge < -0.3 is 10.3 Å². The van der Waals surface area contributed by atoms with E-state index in [2.05, 4.69) is 14.7 Å². The maximum absolute atomic E-state index is 12.6. The van der Waals surface area contributed by atoms with Gasteiger partial charge in [0.15, 0.2) is 5.82 Å². The van der Waals surface area contributed by atoms with E-state index < -0.39 is 17.4 Å². The van der Waals surface area contributed by atoms with Crippen molar-refractivity contribution in [2.24, 2.45) is 5.73 Å². The van der Waals surface area contributed by atoms with E-state index in [1.54, 1.807) is 0 Å². The Bertz CT molecular complexity index is 312. The van der Waals surface area contributed by atoms with Crippen molar-refractivity contribution >= 4 is 12.4 Å². The maximum Gasteiger partial charge on any atom is 0.322 e. The molecular weight excluding hydrogens is 216 g/mol. The first-order valence-electron chi connectivity index (χ1n) is 3.93. The van der Waals surface area contributed by atoms with Gasteiger partial charge in [-0.2, -0.15) is 13.8 Å². The third kappa shape index (κ3) is 1.85. The molecule has 0 aromatic carbocycles. The van der Waals surface area contributed by atoms with Gasteiger partial charge in [0.1, 0.15) is 0 Å². The number of alkyl halides is 2. The molecule has 0 bridgehead atoms. The third-order valence-corrected chi connectivity index (χ3v) is 2.04. The minimum Gasteiger partial charge on any atom is -0.333 e. The van der Waals surface area contributed by atoms with Crippen LogP contribution in [-0.4, -0.2) is 10.1 Å². The average Bonchev–Trinajstić information content (AvgIpc) is 2.60. The van der Waals surface area contributed by atoms with Gasteiger partial charge in [0.2, 0.25) is 0 Å². The number of hydrogen-bond acceptors (Lipinski definition) is 4. The molecule has 1 heterocycles. The van der Waals surface area contributed by atoms with Gasteiger partial charge in [-0.25, -0.2) is 0 Å². The summed E-state index contributed by atoms with van der Waals surface area (Å²) in [6, 6.07) is 0. The summed E-state index contributed by atoms with van der Waals surface area (Å²) < 4.78 is 29.7. The van der Waals surface area contributed by atoms with E-state index >= 15 is 0 Å². The van der Waals surface area contributed by atoms with Crippen molar-refractivity contribution in [2.45, 2.75) is 31.2 Å². The highest BCUT2D eigenvalue weighted by atomic mass is 35.5. The molecule has 1 aromatic rings. The Hall–Kier alpha value is -0.750. The predicted octanol–water partition coefficient (Wildman–Crippen LogP) is 1.55.